The molecule has 0 spiro atoms. The summed E-state index contributed by atoms with van der Waals surface area (Å²) in [5.74, 6) is -0.835. The molecule has 0 saturated carbocycles. The minimum atomic E-state index is -0.835. The maximum atomic E-state index is 10.3. The highest BCUT2D eigenvalue weighted by Gasteiger charge is 1.98. The van der Waals surface area contributed by atoms with Crippen LogP contribution >= 0.6 is 12.2 Å². The first-order chi connectivity index (χ1) is 7.68. The van der Waals surface area contributed by atoms with E-state index in [1.165, 1.54) is 0 Å². The Hall–Kier alpha value is -1.62. The summed E-state index contributed by atoms with van der Waals surface area (Å²) < 4.78 is 0. The molecule has 0 amide bonds. The second-order valence-electron chi connectivity index (χ2n) is 3.24. The van der Waals surface area contributed by atoms with Gasteiger partial charge in [-0.1, -0.05) is 30.3 Å². The molecule has 0 fully saturated rings. The molecule has 1 aromatic rings. The van der Waals surface area contributed by atoms with Crippen molar-refractivity contribution in [1.29, 1.82) is 0 Å². The molecule has 1 aromatic carbocycles. The van der Waals surface area contributed by atoms with Gasteiger partial charge in [-0.05, 0) is 17.8 Å². The molecule has 86 valence electrons. The second kappa shape index (κ2) is 6.79. The monoisotopic (exact) mass is 238 g/mol. The molecular weight excluding hydrogens is 224 g/mol. The molecule has 0 heterocycles. The topological polar surface area (TPSA) is 61.4 Å². The number of carbonyl (C=O) groups is 1. The molecule has 3 N–H and O–H groups in total. The molecule has 5 heteroatoms. The fraction of sp³-hybridized carbons (Fsp3) is 0.273. The highest BCUT2D eigenvalue weighted by Crippen LogP contribution is 1.96. The predicted octanol–water partition coefficient (Wildman–Crippen LogP) is 1.13. The summed E-state index contributed by atoms with van der Waals surface area (Å²) in [6, 6.07) is 9.85. The fourth-order valence-corrected chi connectivity index (χ4v) is 1.30. The van der Waals surface area contributed by atoms with Gasteiger partial charge in [0.15, 0.2) is 5.11 Å². The Balaban J connectivity index is 2.18. The van der Waals surface area contributed by atoms with Gasteiger partial charge in [0.05, 0.1) is 6.42 Å². The minimum absolute atomic E-state index is 0.0627. The van der Waals surface area contributed by atoms with Crippen molar-refractivity contribution >= 4 is 23.3 Å². The Labute approximate surface area is 99.7 Å². The molecular formula is C11H14N2O2S. The number of aliphatic carboxylic acids is 1. The van der Waals surface area contributed by atoms with Gasteiger partial charge in [-0.2, -0.15) is 0 Å². The largest absolute Gasteiger partial charge is 0.481 e. The van der Waals surface area contributed by atoms with Gasteiger partial charge in [0.25, 0.3) is 0 Å². The lowest BCUT2D eigenvalue weighted by molar-refractivity contribution is -0.136. The van der Waals surface area contributed by atoms with Crippen molar-refractivity contribution in [2.24, 2.45) is 0 Å². The van der Waals surface area contributed by atoms with E-state index < -0.39 is 5.97 Å². The first-order valence-electron chi connectivity index (χ1n) is 4.96. The average Bonchev–Trinajstić information content (AvgIpc) is 2.27. The van der Waals surface area contributed by atoms with E-state index >= 15 is 0 Å². The molecule has 0 saturated heterocycles. The van der Waals surface area contributed by atoms with Crippen LogP contribution in [0.1, 0.15) is 12.0 Å². The molecule has 0 unspecified atom stereocenters. The summed E-state index contributed by atoms with van der Waals surface area (Å²) in [5, 5.41) is 14.7. The lowest BCUT2D eigenvalue weighted by Crippen LogP contribution is -2.35. The van der Waals surface area contributed by atoms with E-state index in [4.69, 9.17) is 17.3 Å². The standard InChI is InChI=1S/C11H14N2O2S/c14-10(15)6-7-12-11(16)13-8-9-4-2-1-3-5-9/h1-5H,6-8H2,(H,14,15)(H2,12,13,16). The Kier molecular flexibility index (Phi) is 5.28. The Morgan fingerprint density at radius 1 is 1.25 bits per heavy atom. The van der Waals surface area contributed by atoms with E-state index in [-0.39, 0.29) is 6.42 Å². The van der Waals surface area contributed by atoms with Gasteiger partial charge in [0, 0.05) is 13.1 Å². The van der Waals surface area contributed by atoms with Gasteiger partial charge in [-0.15, -0.1) is 0 Å². The molecule has 0 aliphatic carbocycles. The number of rotatable bonds is 5. The summed E-state index contributed by atoms with van der Waals surface area (Å²) in [7, 11) is 0. The van der Waals surface area contributed by atoms with Crippen molar-refractivity contribution in [2.75, 3.05) is 6.54 Å². The number of nitrogens with one attached hydrogen (secondary N) is 2. The van der Waals surface area contributed by atoms with Crippen molar-refractivity contribution in [3.63, 3.8) is 0 Å². The van der Waals surface area contributed by atoms with Crippen LogP contribution in [0.15, 0.2) is 30.3 Å². The molecule has 16 heavy (non-hydrogen) atoms. The maximum Gasteiger partial charge on any atom is 0.305 e. The number of carboxylic acid groups (broad SMARTS) is 1. The summed E-state index contributed by atoms with van der Waals surface area (Å²) in [6.07, 6.45) is 0.0627. The fourth-order valence-electron chi connectivity index (χ4n) is 1.12. The molecule has 0 radical (unpaired) electrons. The minimum Gasteiger partial charge on any atom is -0.481 e. The molecule has 1 rings (SSSR count). The van der Waals surface area contributed by atoms with Crippen LogP contribution in [-0.2, 0) is 11.3 Å². The zero-order chi connectivity index (χ0) is 11.8. The molecule has 0 aliphatic rings. The highest BCUT2D eigenvalue weighted by molar-refractivity contribution is 7.80. The summed E-state index contributed by atoms with van der Waals surface area (Å²) in [6.45, 7) is 0.982. The predicted molar refractivity (Wildman–Crippen MR) is 66.1 cm³/mol. The van der Waals surface area contributed by atoms with Crippen molar-refractivity contribution < 1.29 is 9.90 Å². The Bertz CT molecular complexity index is 354. The van der Waals surface area contributed by atoms with Crippen LogP contribution < -0.4 is 10.6 Å². The molecule has 0 aliphatic heterocycles. The van der Waals surface area contributed by atoms with Gasteiger partial charge in [-0.3, -0.25) is 4.79 Å². The third-order valence-electron chi connectivity index (χ3n) is 1.92. The number of hydrogen-bond donors (Lipinski definition) is 3. The average molecular weight is 238 g/mol. The third-order valence-corrected chi connectivity index (χ3v) is 2.21. The van der Waals surface area contributed by atoms with Crippen molar-refractivity contribution in [1.82, 2.24) is 10.6 Å². The third kappa shape index (κ3) is 5.31. The van der Waals surface area contributed by atoms with Gasteiger partial charge in [0.2, 0.25) is 0 Å². The van der Waals surface area contributed by atoms with Gasteiger partial charge < -0.3 is 15.7 Å². The van der Waals surface area contributed by atoms with Crippen LogP contribution in [0.25, 0.3) is 0 Å². The molecule has 0 aromatic heterocycles. The maximum absolute atomic E-state index is 10.3. The number of thiocarbonyl (C=S) groups is 1. The molecule has 4 nitrogen and oxygen atoms in total. The van der Waals surface area contributed by atoms with E-state index in [2.05, 4.69) is 10.6 Å². The molecule has 0 atom stereocenters. The number of hydrogen-bond acceptors (Lipinski definition) is 2. The van der Waals surface area contributed by atoms with E-state index in [1.54, 1.807) is 0 Å². The van der Waals surface area contributed by atoms with Crippen LogP contribution in [0, 0.1) is 0 Å². The zero-order valence-electron chi connectivity index (χ0n) is 8.77. The van der Waals surface area contributed by atoms with Crippen LogP contribution in [-0.4, -0.2) is 22.7 Å². The smallest absolute Gasteiger partial charge is 0.305 e. The van der Waals surface area contributed by atoms with E-state index in [0.717, 1.165) is 5.56 Å². The Morgan fingerprint density at radius 2 is 1.94 bits per heavy atom. The summed E-state index contributed by atoms with van der Waals surface area (Å²) in [5.41, 5.74) is 1.13. The van der Waals surface area contributed by atoms with Crippen LogP contribution in [0.4, 0.5) is 0 Å². The first kappa shape index (κ1) is 12.4. The van der Waals surface area contributed by atoms with E-state index in [1.807, 2.05) is 30.3 Å². The van der Waals surface area contributed by atoms with Gasteiger partial charge in [-0.25, -0.2) is 0 Å². The number of benzene rings is 1. The molecule has 0 bridgehead atoms. The highest BCUT2D eigenvalue weighted by atomic mass is 32.1. The lowest BCUT2D eigenvalue weighted by Gasteiger charge is -2.09. The summed E-state index contributed by atoms with van der Waals surface area (Å²) in [4.78, 5) is 10.3. The number of carboxylic acids is 1. The second-order valence-corrected chi connectivity index (χ2v) is 3.65. The van der Waals surface area contributed by atoms with Crippen LogP contribution in [0.3, 0.4) is 0 Å². The quantitative estimate of drug-likeness (QED) is 0.671. The van der Waals surface area contributed by atoms with E-state index in [9.17, 15) is 4.79 Å². The lowest BCUT2D eigenvalue weighted by atomic mass is 10.2. The van der Waals surface area contributed by atoms with Gasteiger partial charge in [0.1, 0.15) is 0 Å². The zero-order valence-corrected chi connectivity index (χ0v) is 9.59. The van der Waals surface area contributed by atoms with Crippen molar-refractivity contribution in [3.05, 3.63) is 35.9 Å². The van der Waals surface area contributed by atoms with Gasteiger partial charge >= 0.3 is 5.97 Å². The Morgan fingerprint density at radius 3 is 2.56 bits per heavy atom. The van der Waals surface area contributed by atoms with Crippen molar-refractivity contribution in [3.8, 4) is 0 Å². The van der Waals surface area contributed by atoms with Crippen LogP contribution in [0.5, 0.6) is 0 Å². The van der Waals surface area contributed by atoms with E-state index in [0.29, 0.717) is 18.2 Å². The SMILES string of the molecule is O=C(O)CCNC(=S)NCc1ccccc1. The van der Waals surface area contributed by atoms with Crippen molar-refractivity contribution in [2.45, 2.75) is 13.0 Å². The first-order valence-corrected chi connectivity index (χ1v) is 5.37. The normalized spacial score (nSPS) is 9.50. The van der Waals surface area contributed by atoms with Crippen LogP contribution in [0.2, 0.25) is 0 Å². The summed E-state index contributed by atoms with van der Waals surface area (Å²) >= 11 is 4.99.